The molecule has 2 aliphatic rings. The highest BCUT2D eigenvalue weighted by Gasteiger charge is 2.67. The zero-order valence-corrected chi connectivity index (χ0v) is 16.4. The Morgan fingerprint density at radius 2 is 1.87 bits per heavy atom. The van der Waals surface area contributed by atoms with Crippen LogP contribution >= 0.6 is 0 Å². The Hall–Kier alpha value is -2.51. The fourth-order valence-electron chi connectivity index (χ4n) is 4.10. The van der Waals surface area contributed by atoms with Gasteiger partial charge in [-0.1, -0.05) is 18.2 Å². The molecule has 0 aromatic heterocycles. The smallest absolute Gasteiger partial charge is 0.225 e. The summed E-state index contributed by atoms with van der Waals surface area (Å²) in [4.78, 5) is 0. The topological polar surface area (TPSA) is 132 Å². The van der Waals surface area contributed by atoms with E-state index in [1.54, 1.807) is 25.3 Å². The molecule has 0 spiro atoms. The third-order valence-electron chi connectivity index (χ3n) is 5.91. The van der Waals surface area contributed by atoms with E-state index in [4.69, 9.17) is 14.2 Å². The lowest BCUT2D eigenvalue weighted by Gasteiger charge is -2.46. The van der Waals surface area contributed by atoms with Crippen LogP contribution in [0.15, 0.2) is 42.5 Å². The summed E-state index contributed by atoms with van der Waals surface area (Å²) in [7, 11) is 1.58. The lowest BCUT2D eigenvalue weighted by atomic mass is 9.83. The third kappa shape index (κ3) is 3.08. The van der Waals surface area contributed by atoms with Gasteiger partial charge in [-0.05, 0) is 41.8 Å². The van der Waals surface area contributed by atoms with Gasteiger partial charge in [0.1, 0.15) is 29.7 Å². The normalized spacial score (nSPS) is 32.6. The molecule has 5 atom stereocenters. The summed E-state index contributed by atoms with van der Waals surface area (Å²) in [6.45, 7) is -0.790. The quantitative estimate of drug-likeness (QED) is 0.546. The van der Waals surface area contributed by atoms with Gasteiger partial charge in [0.05, 0.1) is 32.0 Å². The number of nitriles is 1. The monoisotopic (exact) mass is 413 g/mol. The van der Waals surface area contributed by atoms with Crippen molar-refractivity contribution in [1.29, 1.82) is 5.26 Å². The van der Waals surface area contributed by atoms with Crippen LogP contribution < -0.4 is 4.74 Å². The van der Waals surface area contributed by atoms with Crippen LogP contribution in [0.5, 0.6) is 5.75 Å². The van der Waals surface area contributed by atoms with Gasteiger partial charge in [-0.25, -0.2) is 0 Å². The minimum absolute atomic E-state index is 0.202. The number of aliphatic hydroxyl groups excluding tert-OH is 4. The van der Waals surface area contributed by atoms with E-state index in [9.17, 15) is 25.7 Å². The first kappa shape index (κ1) is 20.8. The number of rotatable bonds is 5. The molecule has 158 valence electrons. The van der Waals surface area contributed by atoms with Crippen LogP contribution in [0.1, 0.15) is 22.3 Å². The minimum Gasteiger partial charge on any atom is -0.497 e. The van der Waals surface area contributed by atoms with Crippen molar-refractivity contribution in [3.8, 4) is 11.8 Å². The fraction of sp³-hybridized carbons (Fsp3) is 0.409. The van der Waals surface area contributed by atoms with Crippen molar-refractivity contribution in [2.45, 2.75) is 36.1 Å². The number of aliphatic hydroxyl groups is 4. The van der Waals surface area contributed by atoms with E-state index in [1.807, 2.05) is 24.3 Å². The van der Waals surface area contributed by atoms with Crippen molar-refractivity contribution < 1.29 is 34.6 Å². The second-order valence-corrected chi connectivity index (χ2v) is 7.67. The van der Waals surface area contributed by atoms with Gasteiger partial charge in [0, 0.05) is 5.56 Å². The van der Waals surface area contributed by atoms with Gasteiger partial charge in [-0.15, -0.1) is 0 Å². The van der Waals surface area contributed by atoms with Crippen LogP contribution in [-0.4, -0.2) is 64.7 Å². The second kappa shape index (κ2) is 7.63. The molecule has 8 heteroatoms. The van der Waals surface area contributed by atoms with Crippen LogP contribution in [0.4, 0.5) is 0 Å². The lowest BCUT2D eigenvalue weighted by molar-refractivity contribution is -0.329. The van der Waals surface area contributed by atoms with E-state index in [2.05, 4.69) is 6.07 Å². The molecule has 8 nitrogen and oxygen atoms in total. The Labute approximate surface area is 173 Å². The zero-order chi connectivity index (χ0) is 21.5. The maximum atomic E-state index is 10.7. The largest absolute Gasteiger partial charge is 0.497 e. The van der Waals surface area contributed by atoms with Crippen LogP contribution in [0.3, 0.4) is 0 Å². The molecule has 0 unspecified atom stereocenters. The van der Waals surface area contributed by atoms with Crippen LogP contribution in [0, 0.1) is 11.3 Å². The molecule has 0 aliphatic carbocycles. The Bertz CT molecular complexity index is 972. The molecule has 0 radical (unpaired) electrons. The van der Waals surface area contributed by atoms with Crippen LogP contribution in [0.25, 0.3) is 0 Å². The maximum absolute atomic E-state index is 10.7. The minimum atomic E-state index is -1.76. The van der Waals surface area contributed by atoms with Crippen LogP contribution in [-0.2, 0) is 21.7 Å². The number of hydrogen-bond donors (Lipinski definition) is 4. The van der Waals surface area contributed by atoms with E-state index in [-0.39, 0.29) is 6.61 Å². The van der Waals surface area contributed by atoms with Gasteiger partial charge in [0.25, 0.3) is 0 Å². The van der Waals surface area contributed by atoms with Gasteiger partial charge in [0.15, 0.2) is 0 Å². The molecular weight excluding hydrogens is 390 g/mol. The molecule has 2 heterocycles. The van der Waals surface area contributed by atoms with E-state index < -0.39 is 36.3 Å². The highest BCUT2D eigenvalue weighted by molar-refractivity contribution is 5.45. The Balaban J connectivity index is 1.73. The maximum Gasteiger partial charge on any atom is 0.225 e. The summed E-state index contributed by atoms with van der Waals surface area (Å²) >= 11 is 0. The molecule has 2 aromatic carbocycles. The lowest BCUT2D eigenvalue weighted by Crippen LogP contribution is -2.65. The number of methoxy groups -OCH3 is 1. The first-order valence-corrected chi connectivity index (χ1v) is 9.55. The first-order valence-electron chi connectivity index (χ1n) is 9.55. The number of benzene rings is 2. The highest BCUT2D eigenvalue weighted by atomic mass is 16.8. The third-order valence-corrected chi connectivity index (χ3v) is 5.91. The zero-order valence-electron chi connectivity index (χ0n) is 16.4. The average molecular weight is 413 g/mol. The molecular formula is C22H23NO7. The molecule has 2 fully saturated rings. The first-order chi connectivity index (χ1) is 14.4. The van der Waals surface area contributed by atoms with Gasteiger partial charge in [-0.3, -0.25) is 0 Å². The van der Waals surface area contributed by atoms with Gasteiger partial charge >= 0.3 is 0 Å². The summed E-state index contributed by atoms with van der Waals surface area (Å²) in [6.07, 6.45) is -4.24. The Kier molecular flexibility index (Phi) is 5.28. The number of nitrogens with zero attached hydrogens (tertiary/aromatic N) is 1. The molecule has 2 saturated heterocycles. The standard InChI is InChI=1S/C22H23NO7/c1-28-17-6-2-13(3-7-17)8-15-9-16(5-4-14(15)10-23)22-20(27)18(25)19(26)21(11-24,30-22)12-29-22/h2-7,9,18-20,24-27H,8,11-12H2,1H3/t18-,19-,20+,21-,22-/m0/s1. The molecule has 4 N–H and O–H groups in total. The summed E-state index contributed by atoms with van der Waals surface area (Å²) in [6, 6.07) is 14.4. The van der Waals surface area contributed by atoms with Crippen molar-refractivity contribution in [3.63, 3.8) is 0 Å². The van der Waals surface area contributed by atoms with Crippen molar-refractivity contribution in [2.75, 3.05) is 20.3 Å². The molecule has 2 aliphatic heterocycles. The number of fused-ring (bicyclic) bond motifs is 2. The van der Waals surface area contributed by atoms with Crippen molar-refractivity contribution in [1.82, 2.24) is 0 Å². The van der Waals surface area contributed by atoms with E-state index in [1.165, 1.54) is 0 Å². The van der Waals surface area contributed by atoms with Gasteiger partial charge in [0.2, 0.25) is 5.79 Å². The molecule has 30 heavy (non-hydrogen) atoms. The van der Waals surface area contributed by atoms with E-state index in [0.717, 1.165) is 11.3 Å². The Morgan fingerprint density at radius 1 is 1.13 bits per heavy atom. The average Bonchev–Trinajstić information content (AvgIpc) is 3.17. The summed E-state index contributed by atoms with van der Waals surface area (Å²) < 4.78 is 16.8. The predicted octanol–water partition coefficient (Wildman–Crippen LogP) is 0.185. The summed E-state index contributed by atoms with van der Waals surface area (Å²) in [5, 5.41) is 50.7. The number of hydrogen-bond acceptors (Lipinski definition) is 8. The van der Waals surface area contributed by atoms with Gasteiger partial charge in [-0.2, -0.15) is 5.26 Å². The molecule has 4 rings (SSSR count). The Morgan fingerprint density at radius 3 is 2.50 bits per heavy atom. The predicted molar refractivity (Wildman–Crippen MR) is 104 cm³/mol. The summed E-state index contributed by atoms with van der Waals surface area (Å²) in [5.74, 6) is -1.04. The van der Waals surface area contributed by atoms with Crippen molar-refractivity contribution in [2.24, 2.45) is 0 Å². The van der Waals surface area contributed by atoms with Crippen LogP contribution in [0.2, 0.25) is 0 Å². The number of ether oxygens (including phenoxy) is 3. The SMILES string of the molecule is COc1ccc(Cc2cc([C@]34OC[C@](CO)(O3)[C@@H](O)[C@H](O)[C@H]4O)ccc2C#N)cc1. The van der Waals surface area contributed by atoms with E-state index >= 15 is 0 Å². The highest BCUT2D eigenvalue weighted by Crippen LogP contribution is 2.49. The summed E-state index contributed by atoms with van der Waals surface area (Å²) in [5.41, 5.74) is 0.917. The fourth-order valence-corrected chi connectivity index (χ4v) is 4.10. The van der Waals surface area contributed by atoms with Crippen molar-refractivity contribution >= 4 is 0 Å². The molecule has 2 aromatic rings. The molecule has 2 bridgehead atoms. The van der Waals surface area contributed by atoms with Crippen molar-refractivity contribution in [3.05, 3.63) is 64.7 Å². The van der Waals surface area contributed by atoms with Gasteiger partial charge < -0.3 is 34.6 Å². The molecule has 0 amide bonds. The van der Waals surface area contributed by atoms with E-state index in [0.29, 0.717) is 23.1 Å². The molecule has 0 saturated carbocycles. The second-order valence-electron chi connectivity index (χ2n) is 7.67.